The lowest BCUT2D eigenvalue weighted by atomic mass is 9.95. The number of hydrogen-bond acceptors (Lipinski definition) is 3. The van der Waals surface area contributed by atoms with Crippen LogP contribution >= 0.6 is 46.1 Å². The molecule has 112 valence electrons. The second kappa shape index (κ2) is 7.32. The molecule has 3 nitrogen and oxygen atoms in total. The van der Waals surface area contributed by atoms with Gasteiger partial charge in [-0.25, -0.2) is 0 Å². The summed E-state index contributed by atoms with van der Waals surface area (Å²) in [5.74, 6) is -0.223. The van der Waals surface area contributed by atoms with Crippen LogP contribution in [0.3, 0.4) is 0 Å². The minimum absolute atomic E-state index is 0.223. The first kappa shape index (κ1) is 16.4. The molecule has 1 aliphatic rings. The van der Waals surface area contributed by atoms with E-state index in [1.54, 1.807) is 6.07 Å². The van der Waals surface area contributed by atoms with E-state index in [1.807, 2.05) is 11.4 Å². The number of nitrogens with one attached hydrogen (secondary N) is 2. The molecule has 1 saturated carbocycles. The Bertz CT molecular complexity index is 427. The van der Waals surface area contributed by atoms with E-state index in [4.69, 9.17) is 34.8 Å². The zero-order valence-electron chi connectivity index (χ0n) is 10.9. The van der Waals surface area contributed by atoms with Crippen LogP contribution in [0.5, 0.6) is 0 Å². The predicted octanol–water partition coefficient (Wildman–Crippen LogP) is 4.10. The minimum atomic E-state index is -1.58. The van der Waals surface area contributed by atoms with Crippen molar-refractivity contribution in [2.45, 2.75) is 48.1 Å². The van der Waals surface area contributed by atoms with Crippen LogP contribution in [0.2, 0.25) is 0 Å². The summed E-state index contributed by atoms with van der Waals surface area (Å²) in [5.41, 5.74) is 0. The van der Waals surface area contributed by atoms with Crippen molar-refractivity contribution in [2.24, 2.45) is 0 Å². The normalized spacial score (nSPS) is 18.8. The average molecular weight is 356 g/mol. The van der Waals surface area contributed by atoms with E-state index in [0.717, 1.165) is 12.8 Å². The van der Waals surface area contributed by atoms with Crippen molar-refractivity contribution in [1.29, 1.82) is 0 Å². The highest BCUT2D eigenvalue weighted by molar-refractivity contribution is 7.12. The highest BCUT2D eigenvalue weighted by Crippen LogP contribution is 2.31. The standard InChI is InChI=1S/C13H17Cl3N2OS/c14-13(15,16)12(17-9-5-2-1-3-6-9)18-11(19)10-7-4-8-20-10/h4,7-9,12,17H,1-3,5-6H2,(H,18,19). The largest absolute Gasteiger partial charge is 0.332 e. The summed E-state index contributed by atoms with van der Waals surface area (Å²) in [4.78, 5) is 12.7. The Balaban J connectivity index is 1.98. The molecule has 1 aromatic rings. The predicted molar refractivity (Wildman–Crippen MR) is 85.9 cm³/mol. The lowest BCUT2D eigenvalue weighted by Crippen LogP contribution is -2.56. The number of amides is 1. The molecule has 1 unspecified atom stereocenters. The second-order valence-electron chi connectivity index (χ2n) is 4.93. The van der Waals surface area contributed by atoms with E-state index in [2.05, 4.69) is 10.6 Å². The summed E-state index contributed by atoms with van der Waals surface area (Å²) < 4.78 is -1.58. The van der Waals surface area contributed by atoms with Crippen LogP contribution in [0.1, 0.15) is 41.8 Å². The van der Waals surface area contributed by atoms with Crippen molar-refractivity contribution in [3.8, 4) is 0 Å². The number of alkyl halides is 3. The van der Waals surface area contributed by atoms with Gasteiger partial charge in [-0.3, -0.25) is 10.1 Å². The van der Waals surface area contributed by atoms with E-state index >= 15 is 0 Å². The van der Waals surface area contributed by atoms with Crippen molar-refractivity contribution < 1.29 is 4.79 Å². The average Bonchev–Trinajstić information content (AvgIpc) is 2.92. The number of carbonyl (C=O) groups is 1. The fourth-order valence-corrected chi connectivity index (χ4v) is 3.31. The van der Waals surface area contributed by atoms with Gasteiger partial charge in [0.25, 0.3) is 5.91 Å². The molecule has 0 aliphatic heterocycles. The summed E-state index contributed by atoms with van der Waals surface area (Å²) in [7, 11) is 0. The van der Waals surface area contributed by atoms with Gasteiger partial charge in [0, 0.05) is 6.04 Å². The van der Waals surface area contributed by atoms with Crippen molar-refractivity contribution in [3.63, 3.8) is 0 Å². The molecule has 1 aliphatic carbocycles. The summed E-state index contributed by atoms with van der Waals surface area (Å²) in [6, 6.07) is 3.85. The molecule has 0 aromatic carbocycles. The summed E-state index contributed by atoms with van der Waals surface area (Å²) in [5, 5.41) is 7.88. The van der Waals surface area contributed by atoms with Gasteiger partial charge in [0.05, 0.1) is 4.88 Å². The SMILES string of the molecule is O=C(NC(NC1CCCCC1)C(Cl)(Cl)Cl)c1cccs1. The van der Waals surface area contributed by atoms with Crippen molar-refractivity contribution in [2.75, 3.05) is 0 Å². The third-order valence-electron chi connectivity index (χ3n) is 3.36. The van der Waals surface area contributed by atoms with Crippen LogP contribution < -0.4 is 10.6 Å². The molecule has 1 amide bonds. The van der Waals surface area contributed by atoms with Gasteiger partial charge in [0.2, 0.25) is 3.79 Å². The van der Waals surface area contributed by atoms with Crippen LogP contribution in [-0.4, -0.2) is 21.9 Å². The highest BCUT2D eigenvalue weighted by atomic mass is 35.6. The topological polar surface area (TPSA) is 41.1 Å². The second-order valence-corrected chi connectivity index (χ2v) is 8.24. The van der Waals surface area contributed by atoms with E-state index in [0.29, 0.717) is 4.88 Å². The Morgan fingerprint density at radius 3 is 2.55 bits per heavy atom. The van der Waals surface area contributed by atoms with E-state index in [9.17, 15) is 4.79 Å². The molecule has 1 fully saturated rings. The van der Waals surface area contributed by atoms with Gasteiger partial charge in [-0.15, -0.1) is 11.3 Å². The maximum Gasteiger partial charge on any atom is 0.262 e. The van der Waals surface area contributed by atoms with Crippen molar-refractivity contribution in [1.82, 2.24) is 10.6 Å². The summed E-state index contributed by atoms with van der Waals surface area (Å²) in [6.45, 7) is 0. The number of thiophene rings is 1. The molecule has 0 saturated heterocycles. The Morgan fingerprint density at radius 2 is 2.00 bits per heavy atom. The monoisotopic (exact) mass is 354 g/mol. The smallest absolute Gasteiger partial charge is 0.262 e. The molecule has 2 rings (SSSR count). The van der Waals surface area contributed by atoms with E-state index in [-0.39, 0.29) is 11.9 Å². The van der Waals surface area contributed by atoms with Crippen LogP contribution in [-0.2, 0) is 0 Å². The van der Waals surface area contributed by atoms with Gasteiger partial charge in [-0.1, -0.05) is 60.1 Å². The van der Waals surface area contributed by atoms with E-state index < -0.39 is 9.96 Å². The maximum absolute atomic E-state index is 12.1. The molecule has 7 heteroatoms. The zero-order valence-corrected chi connectivity index (χ0v) is 14.0. The van der Waals surface area contributed by atoms with Gasteiger partial charge in [0.1, 0.15) is 6.17 Å². The minimum Gasteiger partial charge on any atom is -0.332 e. The zero-order chi connectivity index (χ0) is 14.6. The first-order valence-corrected chi connectivity index (χ1v) is 8.65. The summed E-state index contributed by atoms with van der Waals surface area (Å²) >= 11 is 19.3. The maximum atomic E-state index is 12.1. The Labute approximate surface area is 138 Å². The molecular weight excluding hydrogens is 339 g/mol. The van der Waals surface area contributed by atoms with Gasteiger partial charge < -0.3 is 5.32 Å². The van der Waals surface area contributed by atoms with Crippen molar-refractivity contribution in [3.05, 3.63) is 22.4 Å². The first-order chi connectivity index (χ1) is 9.47. The van der Waals surface area contributed by atoms with Crippen LogP contribution in [0.4, 0.5) is 0 Å². The third kappa shape index (κ3) is 4.78. The molecule has 1 aromatic heterocycles. The van der Waals surface area contributed by atoms with Crippen LogP contribution in [0.25, 0.3) is 0 Å². The molecule has 0 radical (unpaired) electrons. The Kier molecular flexibility index (Phi) is 5.99. The lowest BCUT2D eigenvalue weighted by Gasteiger charge is -2.32. The third-order valence-corrected chi connectivity index (χ3v) is 4.88. The van der Waals surface area contributed by atoms with Crippen LogP contribution in [0, 0.1) is 0 Å². The quantitative estimate of drug-likeness (QED) is 0.631. The highest BCUT2D eigenvalue weighted by Gasteiger charge is 2.35. The molecule has 20 heavy (non-hydrogen) atoms. The fraction of sp³-hybridized carbons (Fsp3) is 0.615. The fourth-order valence-electron chi connectivity index (χ4n) is 2.33. The summed E-state index contributed by atoms with van der Waals surface area (Å²) in [6.07, 6.45) is 4.99. The van der Waals surface area contributed by atoms with Gasteiger partial charge in [0.15, 0.2) is 0 Å². The number of halogens is 3. The molecule has 1 heterocycles. The first-order valence-electron chi connectivity index (χ1n) is 6.64. The Hall–Kier alpha value is -0.000000000000000139. The molecule has 1 atom stereocenters. The van der Waals surface area contributed by atoms with E-state index in [1.165, 1.54) is 30.6 Å². The van der Waals surface area contributed by atoms with Gasteiger partial charge in [-0.05, 0) is 24.3 Å². The lowest BCUT2D eigenvalue weighted by molar-refractivity contribution is 0.0928. The molecule has 0 spiro atoms. The molecular formula is C13H17Cl3N2OS. The number of hydrogen-bond donors (Lipinski definition) is 2. The molecule has 0 bridgehead atoms. The number of carbonyl (C=O) groups excluding carboxylic acids is 1. The van der Waals surface area contributed by atoms with Crippen LogP contribution in [0.15, 0.2) is 17.5 Å². The van der Waals surface area contributed by atoms with Gasteiger partial charge in [-0.2, -0.15) is 0 Å². The van der Waals surface area contributed by atoms with Gasteiger partial charge >= 0.3 is 0 Å². The Morgan fingerprint density at radius 1 is 1.30 bits per heavy atom. The number of rotatable bonds is 4. The van der Waals surface area contributed by atoms with Crippen molar-refractivity contribution >= 4 is 52.0 Å². The molecule has 2 N–H and O–H groups in total.